The standard InChI is InChI=1S/C23H28BrN3O2S/c1-17(2)10-15-29-21-9-8-18(24)16-20(21)22(28)25-23(30)27-13-11-26(12-14-27)19-6-4-3-5-7-19/h3-9,16-17H,10-15H2,1-2H3,(H,25,28,30). The number of amides is 1. The lowest BCUT2D eigenvalue weighted by Crippen LogP contribution is -2.52. The van der Waals surface area contributed by atoms with Crippen LogP contribution in [0.1, 0.15) is 30.6 Å². The Balaban J connectivity index is 1.58. The van der Waals surface area contributed by atoms with Crippen LogP contribution in [0, 0.1) is 5.92 Å². The Labute approximate surface area is 192 Å². The van der Waals surface area contributed by atoms with Crippen LogP contribution in [0.5, 0.6) is 5.75 Å². The number of anilines is 1. The molecule has 1 heterocycles. The molecular weight excluding hydrogens is 462 g/mol. The molecule has 0 radical (unpaired) electrons. The zero-order valence-corrected chi connectivity index (χ0v) is 19.8. The van der Waals surface area contributed by atoms with E-state index >= 15 is 0 Å². The minimum Gasteiger partial charge on any atom is -0.493 e. The molecule has 0 aliphatic carbocycles. The van der Waals surface area contributed by atoms with E-state index in [2.05, 4.69) is 52.1 Å². The summed E-state index contributed by atoms with van der Waals surface area (Å²) in [5, 5.41) is 3.35. The Morgan fingerprint density at radius 3 is 2.50 bits per heavy atom. The molecule has 0 bridgehead atoms. The summed E-state index contributed by atoms with van der Waals surface area (Å²) in [6, 6.07) is 15.8. The molecule has 0 spiro atoms. The lowest BCUT2D eigenvalue weighted by Gasteiger charge is -2.37. The van der Waals surface area contributed by atoms with Crippen LogP contribution in [0.3, 0.4) is 0 Å². The van der Waals surface area contributed by atoms with Crippen molar-refractivity contribution in [2.75, 3.05) is 37.7 Å². The van der Waals surface area contributed by atoms with Gasteiger partial charge in [0.15, 0.2) is 5.11 Å². The number of benzene rings is 2. The van der Waals surface area contributed by atoms with E-state index in [0.29, 0.717) is 29.0 Å². The molecule has 1 aliphatic rings. The van der Waals surface area contributed by atoms with Gasteiger partial charge in [-0.05, 0) is 54.9 Å². The molecule has 1 aliphatic heterocycles. The van der Waals surface area contributed by atoms with Crippen LogP contribution in [0.4, 0.5) is 5.69 Å². The van der Waals surface area contributed by atoms with Gasteiger partial charge in [0.25, 0.3) is 5.91 Å². The Hall–Kier alpha value is -2.12. The minimum absolute atomic E-state index is 0.244. The number of rotatable bonds is 6. The van der Waals surface area contributed by atoms with Gasteiger partial charge in [-0.2, -0.15) is 0 Å². The average molecular weight is 490 g/mol. The molecule has 160 valence electrons. The van der Waals surface area contributed by atoms with E-state index < -0.39 is 0 Å². The van der Waals surface area contributed by atoms with E-state index in [1.165, 1.54) is 5.69 Å². The highest BCUT2D eigenvalue weighted by Gasteiger charge is 2.22. The van der Waals surface area contributed by atoms with Crippen molar-refractivity contribution in [1.29, 1.82) is 0 Å². The summed E-state index contributed by atoms with van der Waals surface area (Å²) in [4.78, 5) is 17.3. The van der Waals surface area contributed by atoms with Crippen molar-refractivity contribution in [3.8, 4) is 5.75 Å². The smallest absolute Gasteiger partial charge is 0.261 e. The van der Waals surface area contributed by atoms with E-state index in [9.17, 15) is 4.79 Å². The summed E-state index contributed by atoms with van der Waals surface area (Å²) in [7, 11) is 0. The highest BCUT2D eigenvalue weighted by atomic mass is 79.9. The molecule has 0 saturated carbocycles. The number of nitrogens with zero attached hydrogens (tertiary/aromatic N) is 2. The van der Waals surface area contributed by atoms with Gasteiger partial charge in [-0.3, -0.25) is 10.1 Å². The van der Waals surface area contributed by atoms with Crippen LogP contribution in [-0.2, 0) is 0 Å². The van der Waals surface area contributed by atoms with Gasteiger partial charge < -0.3 is 14.5 Å². The molecule has 1 fully saturated rings. The molecule has 0 aromatic heterocycles. The second-order valence-electron chi connectivity index (χ2n) is 7.74. The second kappa shape index (κ2) is 10.8. The molecule has 0 atom stereocenters. The first-order chi connectivity index (χ1) is 14.4. The number of piperazine rings is 1. The lowest BCUT2D eigenvalue weighted by molar-refractivity contribution is 0.0968. The Kier molecular flexibility index (Phi) is 8.10. The van der Waals surface area contributed by atoms with Gasteiger partial charge in [-0.15, -0.1) is 0 Å². The number of thiocarbonyl (C=S) groups is 1. The fourth-order valence-electron chi connectivity index (χ4n) is 3.26. The largest absolute Gasteiger partial charge is 0.493 e. The van der Waals surface area contributed by atoms with E-state index in [0.717, 1.165) is 37.1 Å². The summed E-state index contributed by atoms with van der Waals surface area (Å²) < 4.78 is 6.69. The lowest BCUT2D eigenvalue weighted by atomic mass is 10.1. The molecule has 1 amide bonds. The average Bonchev–Trinajstić information content (AvgIpc) is 2.75. The molecule has 3 rings (SSSR count). The van der Waals surface area contributed by atoms with E-state index in [1.54, 1.807) is 6.07 Å². The van der Waals surface area contributed by atoms with Crippen molar-refractivity contribution < 1.29 is 9.53 Å². The predicted molar refractivity (Wildman–Crippen MR) is 129 cm³/mol. The Morgan fingerprint density at radius 2 is 1.83 bits per heavy atom. The van der Waals surface area contributed by atoms with Crippen molar-refractivity contribution in [3.63, 3.8) is 0 Å². The molecular formula is C23H28BrN3O2S. The Morgan fingerprint density at radius 1 is 1.13 bits per heavy atom. The topological polar surface area (TPSA) is 44.8 Å². The highest BCUT2D eigenvalue weighted by Crippen LogP contribution is 2.24. The van der Waals surface area contributed by atoms with Gasteiger partial charge in [0.2, 0.25) is 0 Å². The van der Waals surface area contributed by atoms with Gasteiger partial charge in [0, 0.05) is 36.3 Å². The van der Waals surface area contributed by atoms with Crippen molar-refractivity contribution in [1.82, 2.24) is 10.2 Å². The van der Waals surface area contributed by atoms with Gasteiger partial charge in [0.1, 0.15) is 5.75 Å². The van der Waals surface area contributed by atoms with Crippen LogP contribution in [0.2, 0.25) is 0 Å². The van der Waals surface area contributed by atoms with Crippen molar-refractivity contribution in [2.24, 2.45) is 5.92 Å². The van der Waals surface area contributed by atoms with Crippen LogP contribution in [0.25, 0.3) is 0 Å². The number of para-hydroxylation sites is 1. The molecule has 5 nitrogen and oxygen atoms in total. The molecule has 2 aromatic rings. The van der Waals surface area contributed by atoms with Crippen LogP contribution >= 0.6 is 28.1 Å². The van der Waals surface area contributed by atoms with Crippen molar-refractivity contribution >= 4 is 44.9 Å². The zero-order valence-electron chi connectivity index (χ0n) is 17.4. The molecule has 30 heavy (non-hydrogen) atoms. The third-order valence-electron chi connectivity index (χ3n) is 5.05. The maximum atomic E-state index is 12.9. The van der Waals surface area contributed by atoms with Crippen LogP contribution in [0.15, 0.2) is 53.0 Å². The molecule has 1 saturated heterocycles. The number of halogens is 1. The minimum atomic E-state index is -0.244. The fraction of sp³-hybridized carbons (Fsp3) is 0.391. The highest BCUT2D eigenvalue weighted by molar-refractivity contribution is 9.10. The summed E-state index contributed by atoms with van der Waals surface area (Å²) in [5.41, 5.74) is 1.70. The number of ether oxygens (including phenoxy) is 1. The molecule has 1 N–H and O–H groups in total. The fourth-order valence-corrected chi connectivity index (χ4v) is 3.90. The summed E-state index contributed by atoms with van der Waals surface area (Å²) >= 11 is 8.97. The number of carbonyl (C=O) groups excluding carboxylic acids is 1. The quantitative estimate of drug-likeness (QED) is 0.595. The van der Waals surface area contributed by atoms with Gasteiger partial charge >= 0.3 is 0 Å². The van der Waals surface area contributed by atoms with E-state index in [4.69, 9.17) is 17.0 Å². The number of nitrogens with one attached hydrogen (secondary N) is 1. The van der Waals surface area contributed by atoms with E-state index in [-0.39, 0.29) is 5.91 Å². The zero-order chi connectivity index (χ0) is 21.5. The maximum Gasteiger partial charge on any atom is 0.261 e. The number of carbonyl (C=O) groups is 1. The normalized spacial score (nSPS) is 14.0. The first-order valence-electron chi connectivity index (χ1n) is 10.3. The maximum absolute atomic E-state index is 12.9. The van der Waals surface area contributed by atoms with Crippen LogP contribution < -0.4 is 15.0 Å². The summed E-state index contributed by atoms with van der Waals surface area (Å²) in [6.45, 7) is 8.13. The van der Waals surface area contributed by atoms with Crippen molar-refractivity contribution in [2.45, 2.75) is 20.3 Å². The van der Waals surface area contributed by atoms with Crippen LogP contribution in [-0.4, -0.2) is 48.7 Å². The van der Waals surface area contributed by atoms with Gasteiger partial charge in [-0.1, -0.05) is 48.0 Å². The molecule has 2 aromatic carbocycles. The third kappa shape index (κ3) is 6.19. The summed E-state index contributed by atoms with van der Waals surface area (Å²) in [5.74, 6) is 0.874. The first kappa shape index (κ1) is 22.6. The third-order valence-corrected chi connectivity index (χ3v) is 5.90. The predicted octanol–water partition coefficient (Wildman–Crippen LogP) is 4.71. The SMILES string of the molecule is CC(C)CCOc1ccc(Br)cc1C(=O)NC(=S)N1CCN(c2ccccc2)CC1. The second-order valence-corrected chi connectivity index (χ2v) is 9.04. The van der Waals surface area contributed by atoms with E-state index in [1.807, 2.05) is 35.2 Å². The first-order valence-corrected chi connectivity index (χ1v) is 11.5. The monoisotopic (exact) mass is 489 g/mol. The Bertz CT molecular complexity index is 868. The molecule has 0 unspecified atom stereocenters. The number of hydrogen-bond donors (Lipinski definition) is 1. The molecule has 7 heteroatoms. The van der Waals surface area contributed by atoms with Gasteiger partial charge in [0.05, 0.1) is 12.2 Å². The number of hydrogen-bond acceptors (Lipinski definition) is 4. The summed E-state index contributed by atoms with van der Waals surface area (Å²) in [6.07, 6.45) is 0.932. The van der Waals surface area contributed by atoms with Crippen molar-refractivity contribution in [3.05, 3.63) is 58.6 Å². The van der Waals surface area contributed by atoms with Gasteiger partial charge in [-0.25, -0.2) is 0 Å².